The van der Waals surface area contributed by atoms with Gasteiger partial charge in [0.05, 0.1) is 19.1 Å². The summed E-state index contributed by atoms with van der Waals surface area (Å²) >= 11 is 0. The van der Waals surface area contributed by atoms with Gasteiger partial charge in [-0.3, -0.25) is 9.59 Å². The van der Waals surface area contributed by atoms with E-state index in [4.69, 9.17) is 18.9 Å². The number of rotatable bonds is 7. The quantitative estimate of drug-likeness (QED) is 0.425. The maximum Gasteiger partial charge on any atom is 0.255 e. The van der Waals surface area contributed by atoms with Gasteiger partial charge in [-0.1, -0.05) is 12.1 Å². The molecule has 1 saturated heterocycles. The van der Waals surface area contributed by atoms with E-state index in [1.165, 1.54) is 12.1 Å². The number of hydrogen-bond acceptors (Lipinski definition) is 7. The molecule has 3 aromatic rings. The van der Waals surface area contributed by atoms with Gasteiger partial charge in [0.25, 0.3) is 5.91 Å². The van der Waals surface area contributed by atoms with Crippen molar-refractivity contribution in [2.45, 2.75) is 43.6 Å². The fourth-order valence-corrected chi connectivity index (χ4v) is 5.33. The highest BCUT2D eigenvalue weighted by Gasteiger charge is 2.46. The maximum absolute atomic E-state index is 13.4. The van der Waals surface area contributed by atoms with E-state index in [1.54, 1.807) is 42.5 Å². The Morgan fingerprint density at radius 1 is 1.00 bits per heavy atom. The predicted molar refractivity (Wildman–Crippen MR) is 137 cm³/mol. The van der Waals surface area contributed by atoms with Gasteiger partial charge >= 0.3 is 0 Å². The normalized spacial score (nSPS) is 22.4. The first-order valence-electron chi connectivity index (χ1n) is 12.8. The molecule has 3 aliphatic rings. The summed E-state index contributed by atoms with van der Waals surface area (Å²) in [6.45, 7) is 0.0729. The molecule has 4 atom stereocenters. The van der Waals surface area contributed by atoms with Gasteiger partial charge in [-0.15, -0.1) is 0 Å². The summed E-state index contributed by atoms with van der Waals surface area (Å²) in [6.07, 6.45) is -0.871. The van der Waals surface area contributed by atoms with Crippen LogP contribution in [0.5, 0.6) is 17.2 Å². The molecule has 0 radical (unpaired) electrons. The summed E-state index contributed by atoms with van der Waals surface area (Å²) in [5.41, 5.74) is 2.58. The lowest BCUT2D eigenvalue weighted by atomic mass is 9.84. The van der Waals surface area contributed by atoms with Crippen molar-refractivity contribution in [3.8, 4) is 17.2 Å². The largest absolute Gasteiger partial charge is 0.487 e. The summed E-state index contributed by atoms with van der Waals surface area (Å²) in [5.74, 6) is 0.762. The Morgan fingerprint density at radius 3 is 2.69 bits per heavy atom. The number of fused-ring (bicyclic) bond motifs is 4. The van der Waals surface area contributed by atoms with Crippen LogP contribution in [0.3, 0.4) is 0 Å². The molecule has 0 aromatic heterocycles. The number of amides is 2. The third-order valence-corrected chi connectivity index (χ3v) is 7.18. The molecule has 3 aliphatic heterocycles. The van der Waals surface area contributed by atoms with Crippen LogP contribution in [0.4, 0.5) is 10.1 Å². The van der Waals surface area contributed by atoms with E-state index in [-0.39, 0.29) is 49.9 Å². The molecule has 0 bridgehead atoms. The van der Waals surface area contributed by atoms with Gasteiger partial charge in [-0.2, -0.15) is 0 Å². The molecule has 39 heavy (non-hydrogen) atoms. The number of ether oxygens (including phenoxy) is 4. The summed E-state index contributed by atoms with van der Waals surface area (Å²) in [4.78, 5) is 25.5. The van der Waals surface area contributed by atoms with E-state index in [1.807, 2.05) is 6.07 Å². The van der Waals surface area contributed by atoms with E-state index < -0.39 is 18.3 Å². The molecule has 9 nitrogen and oxygen atoms in total. The first-order valence-corrected chi connectivity index (χ1v) is 12.8. The van der Waals surface area contributed by atoms with Crippen LogP contribution >= 0.6 is 0 Å². The average Bonchev–Trinajstić information content (AvgIpc) is 3.55. The monoisotopic (exact) mass is 534 g/mol. The van der Waals surface area contributed by atoms with Crippen molar-refractivity contribution < 1.29 is 38.0 Å². The van der Waals surface area contributed by atoms with Crippen molar-refractivity contribution in [2.75, 3.05) is 18.7 Å². The van der Waals surface area contributed by atoms with Gasteiger partial charge in [0.15, 0.2) is 11.5 Å². The van der Waals surface area contributed by atoms with Gasteiger partial charge < -0.3 is 34.7 Å². The van der Waals surface area contributed by atoms with Crippen LogP contribution in [-0.2, 0) is 16.1 Å². The second-order valence-corrected chi connectivity index (χ2v) is 9.79. The Kier molecular flexibility index (Phi) is 6.80. The van der Waals surface area contributed by atoms with Crippen molar-refractivity contribution in [1.29, 1.82) is 0 Å². The highest BCUT2D eigenvalue weighted by molar-refractivity contribution is 6.04. The van der Waals surface area contributed by atoms with E-state index in [0.717, 1.165) is 5.56 Å². The molecule has 0 aliphatic carbocycles. The topological polar surface area (TPSA) is 115 Å². The minimum atomic E-state index is -0.608. The van der Waals surface area contributed by atoms with Gasteiger partial charge in [-0.05, 0) is 60.5 Å². The molecule has 2 amide bonds. The van der Waals surface area contributed by atoms with Crippen LogP contribution < -0.4 is 24.8 Å². The Balaban J connectivity index is 1.13. The fraction of sp³-hybridized carbons (Fsp3) is 0.310. The number of anilines is 1. The third kappa shape index (κ3) is 5.25. The molecule has 202 valence electrons. The van der Waals surface area contributed by atoms with Crippen LogP contribution in [0.2, 0.25) is 0 Å². The van der Waals surface area contributed by atoms with E-state index in [2.05, 4.69) is 10.6 Å². The number of aliphatic hydroxyl groups excluding tert-OH is 1. The van der Waals surface area contributed by atoms with Crippen molar-refractivity contribution >= 4 is 17.5 Å². The van der Waals surface area contributed by atoms with Crippen LogP contribution in [0, 0.1) is 5.82 Å². The van der Waals surface area contributed by atoms with Gasteiger partial charge in [0, 0.05) is 29.3 Å². The van der Waals surface area contributed by atoms with E-state index >= 15 is 0 Å². The molecule has 3 aromatic carbocycles. The minimum absolute atomic E-state index is 0.0882. The highest BCUT2D eigenvalue weighted by Crippen LogP contribution is 2.47. The number of hydrogen-bond donors (Lipinski definition) is 3. The third-order valence-electron chi connectivity index (χ3n) is 7.18. The smallest absolute Gasteiger partial charge is 0.255 e. The predicted octanol–water partition coefficient (Wildman–Crippen LogP) is 3.51. The number of carbonyl (C=O) groups excluding carboxylic acids is 2. The number of carbonyl (C=O) groups is 2. The molecular weight excluding hydrogens is 507 g/mol. The second kappa shape index (κ2) is 10.5. The van der Waals surface area contributed by atoms with Gasteiger partial charge in [0.1, 0.15) is 23.8 Å². The standard InChI is InChI=1S/C29H27FN2O7/c30-18-3-1-2-16(8-18)13-31-27(34)12-20-11-22-21-10-19(5-7-23(21)39-28(22)26(14-33)38-20)32-29(35)17-4-6-24-25(9-17)37-15-36-24/h1-10,20,22,26,28,33H,11-15H2,(H,31,34)(H,32,35)/t20-,22+,26-,28-/m1/s1. The first-order chi connectivity index (χ1) is 19.0. The molecule has 6 rings (SSSR count). The molecule has 3 N–H and O–H groups in total. The van der Waals surface area contributed by atoms with Crippen LogP contribution in [0.25, 0.3) is 0 Å². The lowest BCUT2D eigenvalue weighted by molar-refractivity contribution is -0.142. The van der Waals surface area contributed by atoms with Crippen LogP contribution in [0.1, 0.15) is 40.2 Å². The molecular formula is C29H27FN2O7. The van der Waals surface area contributed by atoms with Crippen molar-refractivity contribution in [1.82, 2.24) is 5.32 Å². The number of aliphatic hydroxyl groups is 1. The molecule has 0 saturated carbocycles. The van der Waals surface area contributed by atoms with Gasteiger partial charge in [-0.25, -0.2) is 4.39 Å². The number of benzene rings is 3. The van der Waals surface area contributed by atoms with Gasteiger partial charge in [0.2, 0.25) is 12.7 Å². The number of halogens is 1. The zero-order valence-electron chi connectivity index (χ0n) is 20.9. The zero-order valence-corrected chi connectivity index (χ0v) is 20.9. The Hall–Kier alpha value is -4.15. The zero-order chi connectivity index (χ0) is 26.9. The molecule has 0 unspecified atom stereocenters. The summed E-state index contributed by atoms with van der Waals surface area (Å²) in [5, 5.41) is 15.7. The van der Waals surface area contributed by atoms with Crippen LogP contribution in [0.15, 0.2) is 60.7 Å². The summed E-state index contributed by atoms with van der Waals surface area (Å²) in [7, 11) is 0. The van der Waals surface area contributed by atoms with Crippen LogP contribution in [-0.4, -0.2) is 48.6 Å². The SMILES string of the molecule is O=C(C[C@H]1C[C@H]2c3cc(NC(=O)c4ccc5c(c4)OCO5)ccc3O[C@H]2[C@@H](CO)O1)NCc1cccc(F)c1. The average molecular weight is 535 g/mol. The molecule has 10 heteroatoms. The van der Waals surface area contributed by atoms with E-state index in [9.17, 15) is 19.1 Å². The maximum atomic E-state index is 13.4. The summed E-state index contributed by atoms with van der Waals surface area (Å²) in [6, 6.07) is 16.5. The van der Waals surface area contributed by atoms with Crippen molar-refractivity contribution in [3.63, 3.8) is 0 Å². The fourth-order valence-electron chi connectivity index (χ4n) is 5.33. The Labute approximate surface area is 223 Å². The molecule has 3 heterocycles. The number of nitrogens with one attached hydrogen (secondary N) is 2. The van der Waals surface area contributed by atoms with Crippen molar-refractivity contribution in [3.05, 3.63) is 83.2 Å². The Bertz CT molecular complexity index is 1410. The second-order valence-electron chi connectivity index (χ2n) is 9.79. The van der Waals surface area contributed by atoms with Crippen molar-refractivity contribution in [2.24, 2.45) is 0 Å². The molecule has 1 fully saturated rings. The molecule has 0 spiro atoms. The summed E-state index contributed by atoms with van der Waals surface area (Å²) < 4.78 is 36.2. The lowest BCUT2D eigenvalue weighted by Crippen LogP contribution is -2.47. The Morgan fingerprint density at radius 2 is 1.85 bits per heavy atom. The first kappa shape index (κ1) is 25.1. The van der Waals surface area contributed by atoms with E-state index in [0.29, 0.717) is 40.5 Å². The minimum Gasteiger partial charge on any atom is -0.487 e. The lowest BCUT2D eigenvalue weighted by Gasteiger charge is -2.37. The highest BCUT2D eigenvalue weighted by atomic mass is 19.1.